The number of halogens is 2. The van der Waals surface area contributed by atoms with Crippen molar-refractivity contribution in [1.29, 1.82) is 0 Å². The molecule has 0 radical (unpaired) electrons. The van der Waals surface area contributed by atoms with Crippen molar-refractivity contribution in [2.75, 3.05) is 26.9 Å². The fraction of sp³-hybridized carbons (Fsp3) is 0.355. The highest BCUT2D eigenvalue weighted by Gasteiger charge is 2.34. The zero-order valence-electron chi connectivity index (χ0n) is 23.3. The van der Waals surface area contributed by atoms with Crippen LogP contribution in [0.15, 0.2) is 65.8 Å². The highest BCUT2D eigenvalue weighted by molar-refractivity contribution is 7.80. The van der Waals surface area contributed by atoms with Crippen LogP contribution < -0.4 is 18.4 Å². The van der Waals surface area contributed by atoms with Crippen molar-refractivity contribution in [1.82, 2.24) is 4.90 Å². The monoisotopic (exact) mass is 571 g/mol. The van der Waals surface area contributed by atoms with E-state index in [0.717, 1.165) is 43.0 Å². The van der Waals surface area contributed by atoms with E-state index in [9.17, 15) is 13.0 Å². The lowest BCUT2D eigenvalue weighted by Gasteiger charge is -2.42. The van der Waals surface area contributed by atoms with Crippen LogP contribution >= 0.6 is 0 Å². The summed E-state index contributed by atoms with van der Waals surface area (Å²) in [5.41, 5.74) is 4.80. The molecule has 2 aliphatic heterocycles. The molecular weight excluding hydrogens is 536 g/mol. The summed E-state index contributed by atoms with van der Waals surface area (Å²) in [6.45, 7) is 11.0. The molecule has 0 amide bonds. The first kappa shape index (κ1) is 29.6. The second-order valence-corrected chi connectivity index (χ2v) is 10.6. The van der Waals surface area contributed by atoms with Gasteiger partial charge in [-0.2, -0.15) is 0 Å². The normalized spacial score (nSPS) is 16.3. The van der Waals surface area contributed by atoms with Gasteiger partial charge in [0.1, 0.15) is 5.82 Å². The third kappa shape index (κ3) is 6.82. The highest BCUT2D eigenvalue weighted by atomic mass is 32.2. The van der Waals surface area contributed by atoms with Crippen LogP contribution in [0.2, 0.25) is 0 Å². The molecule has 6 nitrogen and oxygen atoms in total. The van der Waals surface area contributed by atoms with Crippen molar-refractivity contribution >= 4 is 11.1 Å². The van der Waals surface area contributed by atoms with Gasteiger partial charge in [0.15, 0.2) is 23.0 Å². The quantitative estimate of drug-likeness (QED) is 0.294. The molecule has 0 fully saturated rings. The van der Waals surface area contributed by atoms with Crippen LogP contribution in [-0.4, -0.2) is 36.0 Å². The standard InChI is InChI=1S/C28H30FNO5S.C3H5F/c1-4-33-26-13-19-11-24-23-16-28(35-36(31)22-8-6-7-21(29)15-22)25(32-3)12-18(23)9-10-30(24)17-20(19)14-27(26)34-5-2;1-3(2)4/h6-8,12-16,24H,4-5,9-11,17H2,1-3H3;1H2,2H3. The Hall–Kier alpha value is -3.43. The van der Waals surface area contributed by atoms with Gasteiger partial charge >= 0.3 is 0 Å². The number of nitrogens with zero attached hydrogens (tertiary/aromatic N) is 1. The van der Waals surface area contributed by atoms with Crippen LogP contribution in [0.5, 0.6) is 23.0 Å². The van der Waals surface area contributed by atoms with Crippen molar-refractivity contribution in [3.63, 3.8) is 0 Å². The number of ether oxygens (including phenoxy) is 3. The first-order valence-corrected chi connectivity index (χ1v) is 14.3. The number of rotatable bonds is 8. The fourth-order valence-corrected chi connectivity index (χ4v) is 5.85. The zero-order valence-corrected chi connectivity index (χ0v) is 24.1. The molecule has 2 unspecified atom stereocenters. The molecule has 3 aromatic rings. The average Bonchev–Trinajstić information content (AvgIpc) is 2.92. The predicted octanol–water partition coefficient (Wildman–Crippen LogP) is 6.88. The van der Waals surface area contributed by atoms with Gasteiger partial charge in [0.05, 0.1) is 31.0 Å². The molecule has 40 heavy (non-hydrogen) atoms. The highest BCUT2D eigenvalue weighted by Crippen LogP contribution is 2.44. The van der Waals surface area contributed by atoms with E-state index in [1.165, 1.54) is 41.8 Å². The molecule has 0 bridgehead atoms. The molecule has 2 aliphatic rings. The van der Waals surface area contributed by atoms with E-state index in [1.807, 2.05) is 26.0 Å². The van der Waals surface area contributed by atoms with E-state index in [0.29, 0.717) is 24.7 Å². The maximum atomic E-state index is 13.7. The van der Waals surface area contributed by atoms with Crippen LogP contribution in [0, 0.1) is 5.82 Å². The maximum Gasteiger partial charge on any atom is 0.240 e. The van der Waals surface area contributed by atoms with E-state index in [4.69, 9.17) is 18.4 Å². The van der Waals surface area contributed by atoms with Crippen LogP contribution in [0.1, 0.15) is 49.1 Å². The van der Waals surface area contributed by atoms with Gasteiger partial charge in [-0.15, -0.1) is 0 Å². The third-order valence-corrected chi connectivity index (χ3v) is 7.67. The summed E-state index contributed by atoms with van der Waals surface area (Å²) in [7, 11) is 1.57. The number of hydrogen-bond donors (Lipinski definition) is 0. The lowest BCUT2D eigenvalue weighted by atomic mass is 9.83. The number of benzene rings is 3. The van der Waals surface area contributed by atoms with Crippen molar-refractivity contribution in [2.24, 2.45) is 0 Å². The number of allylic oxidation sites excluding steroid dienone is 1. The lowest BCUT2D eigenvalue weighted by molar-refractivity contribution is 0.159. The molecule has 0 saturated heterocycles. The van der Waals surface area contributed by atoms with Gasteiger partial charge in [-0.3, -0.25) is 4.90 Å². The molecule has 0 aliphatic carbocycles. The van der Waals surface area contributed by atoms with Gasteiger partial charge < -0.3 is 18.4 Å². The molecule has 3 aromatic carbocycles. The summed E-state index contributed by atoms with van der Waals surface area (Å²) in [5, 5.41) is 0. The molecule has 9 heteroatoms. The van der Waals surface area contributed by atoms with Crippen molar-refractivity contribution in [3.8, 4) is 23.0 Å². The summed E-state index contributed by atoms with van der Waals surface area (Å²) in [6.07, 6.45) is 1.69. The van der Waals surface area contributed by atoms with E-state index in [-0.39, 0.29) is 16.8 Å². The van der Waals surface area contributed by atoms with Gasteiger partial charge in [-0.05, 0) is 98.3 Å². The Kier molecular flexibility index (Phi) is 9.81. The Morgan fingerprint density at radius 2 is 1.65 bits per heavy atom. The number of methoxy groups -OCH3 is 1. The van der Waals surface area contributed by atoms with E-state index in [2.05, 4.69) is 23.6 Å². The maximum absolute atomic E-state index is 13.7. The first-order valence-electron chi connectivity index (χ1n) is 13.3. The van der Waals surface area contributed by atoms with Gasteiger partial charge in [-0.1, -0.05) is 12.6 Å². The van der Waals surface area contributed by atoms with Crippen LogP contribution in [-0.2, 0) is 30.5 Å². The summed E-state index contributed by atoms with van der Waals surface area (Å²) < 4.78 is 60.4. The molecule has 0 spiro atoms. The molecule has 214 valence electrons. The van der Waals surface area contributed by atoms with Crippen LogP contribution in [0.25, 0.3) is 0 Å². The van der Waals surface area contributed by atoms with E-state index < -0.39 is 16.9 Å². The molecule has 0 saturated carbocycles. The summed E-state index contributed by atoms with van der Waals surface area (Å²) in [5.74, 6) is 1.66. The molecule has 5 rings (SSSR count). The summed E-state index contributed by atoms with van der Waals surface area (Å²) >= 11 is -1.88. The molecule has 0 aromatic heterocycles. The van der Waals surface area contributed by atoms with Crippen molar-refractivity contribution in [2.45, 2.75) is 51.1 Å². The van der Waals surface area contributed by atoms with Crippen molar-refractivity contribution < 1.29 is 31.4 Å². The van der Waals surface area contributed by atoms with Crippen LogP contribution in [0.3, 0.4) is 0 Å². The Bertz CT molecular complexity index is 1390. The Morgan fingerprint density at radius 1 is 1.00 bits per heavy atom. The second-order valence-electron chi connectivity index (χ2n) is 9.53. The molecular formula is C31H35F2NO5S. The summed E-state index contributed by atoms with van der Waals surface area (Å²) in [4.78, 5) is 2.72. The molecule has 2 atom stereocenters. The topological polar surface area (TPSA) is 57.2 Å². The smallest absolute Gasteiger partial charge is 0.240 e. The number of hydrogen-bond acceptors (Lipinski definition) is 6. The largest absolute Gasteiger partial charge is 0.493 e. The minimum Gasteiger partial charge on any atom is -0.493 e. The van der Waals surface area contributed by atoms with Crippen molar-refractivity contribution in [3.05, 3.63) is 89.0 Å². The Labute approximate surface area is 237 Å². The van der Waals surface area contributed by atoms with Gasteiger partial charge in [0.25, 0.3) is 0 Å². The second kappa shape index (κ2) is 13.3. The fourth-order valence-electron chi connectivity index (χ4n) is 5.06. The van der Waals surface area contributed by atoms with E-state index >= 15 is 0 Å². The van der Waals surface area contributed by atoms with Crippen LogP contribution in [0.4, 0.5) is 8.78 Å². The minimum atomic E-state index is -1.88. The van der Waals surface area contributed by atoms with Gasteiger partial charge in [0.2, 0.25) is 11.1 Å². The van der Waals surface area contributed by atoms with Gasteiger partial charge in [0, 0.05) is 19.1 Å². The Balaban J connectivity index is 0.000000867. The average molecular weight is 572 g/mol. The number of fused-ring (bicyclic) bond motifs is 4. The van der Waals surface area contributed by atoms with E-state index in [1.54, 1.807) is 13.2 Å². The summed E-state index contributed by atoms with van der Waals surface area (Å²) in [6, 6.07) is 13.9. The molecule has 0 N–H and O–H groups in total. The minimum absolute atomic E-state index is 0.143. The molecule has 2 heterocycles. The predicted molar refractivity (Wildman–Crippen MR) is 152 cm³/mol. The SMILES string of the molecule is C=C(C)F.CCOc1cc2c(cc1OCC)CN1CCc3cc(OC)c(OS(=O)c4cccc(F)c4)cc3C1C2. The zero-order chi connectivity index (χ0) is 28.8. The third-order valence-electron chi connectivity index (χ3n) is 6.70. The lowest BCUT2D eigenvalue weighted by Crippen LogP contribution is -2.39. The van der Waals surface area contributed by atoms with Gasteiger partial charge in [-0.25, -0.2) is 13.0 Å². The Morgan fingerprint density at radius 3 is 2.27 bits per heavy atom. The first-order chi connectivity index (χ1) is 19.2.